The van der Waals surface area contributed by atoms with Gasteiger partial charge in [0.15, 0.2) is 0 Å². The van der Waals surface area contributed by atoms with E-state index in [-0.39, 0.29) is 11.5 Å². The summed E-state index contributed by atoms with van der Waals surface area (Å²) >= 11 is 0. The predicted molar refractivity (Wildman–Crippen MR) is 109 cm³/mol. The van der Waals surface area contributed by atoms with Gasteiger partial charge in [-0.05, 0) is 39.3 Å². The van der Waals surface area contributed by atoms with Crippen molar-refractivity contribution in [3.8, 4) is 11.1 Å². The summed E-state index contributed by atoms with van der Waals surface area (Å²) in [5, 5.41) is 0. The molecule has 0 saturated carbocycles. The summed E-state index contributed by atoms with van der Waals surface area (Å²) in [5.74, 6) is 0. The molecule has 0 aliphatic carbocycles. The van der Waals surface area contributed by atoms with Gasteiger partial charge in [-0.3, -0.25) is 0 Å². The topological polar surface area (TPSA) is 3.24 Å². The molecule has 0 fully saturated rings. The molecule has 2 aromatic carbocycles. The summed E-state index contributed by atoms with van der Waals surface area (Å²) in [6, 6.07) is 17.4. The van der Waals surface area contributed by atoms with Crippen LogP contribution in [0.5, 0.6) is 0 Å². The largest absolute Gasteiger partial charge is 0.370 e. The maximum atomic E-state index is 4.01. The molecule has 1 atom stereocenters. The number of likely N-dealkylation sites (N-methyl/N-ethyl adjacent to an activating group) is 1. The van der Waals surface area contributed by atoms with Crippen molar-refractivity contribution in [2.45, 2.75) is 26.8 Å². The number of hydrogen-bond acceptors (Lipinski definition) is 1. The SMILES string of the molecule is C=Cc1ccc(-c2ccccc2)cc1C1C=CC(C(C)(C)C)=CN1C. The van der Waals surface area contributed by atoms with Crippen molar-refractivity contribution < 1.29 is 0 Å². The third kappa shape index (κ3) is 3.61. The molecule has 128 valence electrons. The van der Waals surface area contributed by atoms with Crippen molar-refractivity contribution in [2.75, 3.05) is 7.05 Å². The number of nitrogens with zero attached hydrogens (tertiary/aromatic N) is 1. The van der Waals surface area contributed by atoms with Crippen LogP contribution in [0.3, 0.4) is 0 Å². The zero-order chi connectivity index (χ0) is 18.0. The Morgan fingerprint density at radius 2 is 1.72 bits per heavy atom. The minimum absolute atomic E-state index is 0.156. The lowest BCUT2D eigenvalue weighted by Crippen LogP contribution is -2.24. The van der Waals surface area contributed by atoms with Crippen LogP contribution in [0.2, 0.25) is 0 Å². The van der Waals surface area contributed by atoms with Crippen LogP contribution in [0.1, 0.15) is 37.9 Å². The first-order valence-corrected chi connectivity index (χ1v) is 8.84. The van der Waals surface area contributed by atoms with E-state index < -0.39 is 0 Å². The van der Waals surface area contributed by atoms with Crippen LogP contribution in [-0.4, -0.2) is 11.9 Å². The third-order valence-corrected chi connectivity index (χ3v) is 4.84. The van der Waals surface area contributed by atoms with Gasteiger partial charge in [0.2, 0.25) is 0 Å². The summed E-state index contributed by atoms with van der Waals surface area (Å²) in [5.41, 5.74) is 6.48. The standard InChI is InChI=1S/C24H27N/c1-6-18-12-13-20(19-10-8-7-9-11-19)16-22(18)23-15-14-21(17-25(23)5)24(2,3)4/h6-17,23H,1H2,2-5H3. The van der Waals surface area contributed by atoms with E-state index in [9.17, 15) is 0 Å². The highest BCUT2D eigenvalue weighted by molar-refractivity contribution is 5.68. The molecule has 1 nitrogen and oxygen atoms in total. The van der Waals surface area contributed by atoms with Gasteiger partial charge in [0.25, 0.3) is 0 Å². The summed E-state index contributed by atoms with van der Waals surface area (Å²) in [6.07, 6.45) is 8.80. The second kappa shape index (κ2) is 6.76. The first kappa shape index (κ1) is 17.3. The molecule has 25 heavy (non-hydrogen) atoms. The van der Waals surface area contributed by atoms with E-state index in [0.29, 0.717) is 0 Å². The van der Waals surface area contributed by atoms with E-state index in [1.54, 1.807) is 0 Å². The van der Waals surface area contributed by atoms with Crippen molar-refractivity contribution in [1.29, 1.82) is 0 Å². The molecule has 0 N–H and O–H groups in total. The van der Waals surface area contributed by atoms with E-state index in [2.05, 4.69) is 106 Å². The monoisotopic (exact) mass is 329 g/mol. The summed E-state index contributed by atoms with van der Waals surface area (Å²) in [4.78, 5) is 2.30. The lowest BCUT2D eigenvalue weighted by Gasteiger charge is -2.33. The van der Waals surface area contributed by atoms with Gasteiger partial charge in [0, 0.05) is 13.2 Å². The van der Waals surface area contributed by atoms with Crippen LogP contribution in [0.4, 0.5) is 0 Å². The molecule has 0 saturated heterocycles. The van der Waals surface area contributed by atoms with E-state index in [1.165, 1.54) is 27.8 Å². The minimum atomic E-state index is 0.156. The van der Waals surface area contributed by atoms with Crippen LogP contribution in [0, 0.1) is 5.41 Å². The predicted octanol–water partition coefficient (Wildman–Crippen LogP) is 6.47. The lowest BCUT2D eigenvalue weighted by atomic mass is 9.84. The van der Waals surface area contributed by atoms with Crippen LogP contribution < -0.4 is 0 Å². The van der Waals surface area contributed by atoms with Crippen LogP contribution in [-0.2, 0) is 0 Å². The Balaban J connectivity index is 2.01. The fourth-order valence-corrected chi connectivity index (χ4v) is 3.27. The van der Waals surface area contributed by atoms with Gasteiger partial charge in [-0.15, -0.1) is 0 Å². The Morgan fingerprint density at radius 3 is 2.32 bits per heavy atom. The van der Waals surface area contributed by atoms with Crippen molar-refractivity contribution in [3.05, 3.63) is 90.2 Å². The number of hydrogen-bond donors (Lipinski definition) is 0. The van der Waals surface area contributed by atoms with E-state index in [0.717, 1.165) is 0 Å². The van der Waals surface area contributed by atoms with Crippen molar-refractivity contribution in [2.24, 2.45) is 5.41 Å². The summed E-state index contributed by atoms with van der Waals surface area (Å²) < 4.78 is 0. The van der Waals surface area contributed by atoms with E-state index in [1.807, 2.05) is 6.08 Å². The smallest absolute Gasteiger partial charge is 0.0727 e. The Morgan fingerprint density at radius 1 is 1.00 bits per heavy atom. The highest BCUT2D eigenvalue weighted by atomic mass is 15.1. The van der Waals surface area contributed by atoms with E-state index >= 15 is 0 Å². The van der Waals surface area contributed by atoms with Gasteiger partial charge in [0.1, 0.15) is 0 Å². The highest BCUT2D eigenvalue weighted by Crippen LogP contribution is 2.36. The van der Waals surface area contributed by atoms with Crippen LogP contribution in [0.25, 0.3) is 17.2 Å². The molecular weight excluding hydrogens is 302 g/mol. The maximum absolute atomic E-state index is 4.01. The van der Waals surface area contributed by atoms with Crippen LogP contribution in [0.15, 0.2) is 79.0 Å². The maximum Gasteiger partial charge on any atom is 0.0727 e. The zero-order valence-electron chi connectivity index (χ0n) is 15.7. The van der Waals surface area contributed by atoms with Gasteiger partial charge in [0.05, 0.1) is 6.04 Å². The molecule has 1 unspecified atom stereocenters. The summed E-state index contributed by atoms with van der Waals surface area (Å²) in [6.45, 7) is 10.8. The normalized spacial score (nSPS) is 17.4. The second-order valence-corrected chi connectivity index (χ2v) is 7.72. The highest BCUT2D eigenvalue weighted by Gasteiger charge is 2.23. The molecule has 0 aromatic heterocycles. The average molecular weight is 329 g/mol. The first-order chi connectivity index (χ1) is 11.9. The molecule has 1 heteroatoms. The Bertz CT molecular complexity index is 819. The molecule has 0 spiro atoms. The molecule has 1 aliphatic heterocycles. The quantitative estimate of drug-likeness (QED) is 0.624. The van der Waals surface area contributed by atoms with Gasteiger partial charge in [-0.1, -0.05) is 88.0 Å². The molecule has 1 heterocycles. The number of allylic oxidation sites excluding steroid dienone is 2. The van der Waals surface area contributed by atoms with Crippen LogP contribution >= 0.6 is 0 Å². The molecule has 3 rings (SSSR count). The molecule has 0 radical (unpaired) electrons. The Labute approximate surface area is 152 Å². The van der Waals surface area contributed by atoms with Gasteiger partial charge < -0.3 is 4.90 Å². The Hall–Kier alpha value is -2.54. The molecule has 2 aromatic rings. The first-order valence-electron chi connectivity index (χ1n) is 8.84. The van der Waals surface area contributed by atoms with Gasteiger partial charge in [-0.2, -0.15) is 0 Å². The van der Waals surface area contributed by atoms with Gasteiger partial charge in [-0.25, -0.2) is 0 Å². The molecule has 1 aliphatic rings. The van der Waals surface area contributed by atoms with Crippen molar-refractivity contribution in [3.63, 3.8) is 0 Å². The zero-order valence-corrected chi connectivity index (χ0v) is 15.7. The average Bonchev–Trinajstić information content (AvgIpc) is 2.61. The Kier molecular flexibility index (Phi) is 4.67. The number of benzene rings is 2. The minimum Gasteiger partial charge on any atom is -0.370 e. The lowest BCUT2D eigenvalue weighted by molar-refractivity contribution is 0.369. The molecule has 0 bridgehead atoms. The fraction of sp³-hybridized carbons (Fsp3) is 0.250. The van der Waals surface area contributed by atoms with Crippen molar-refractivity contribution >= 4 is 6.08 Å². The molecule has 0 amide bonds. The van der Waals surface area contributed by atoms with E-state index in [4.69, 9.17) is 0 Å². The summed E-state index contributed by atoms with van der Waals surface area (Å²) in [7, 11) is 2.15. The second-order valence-electron chi connectivity index (χ2n) is 7.72. The van der Waals surface area contributed by atoms with Gasteiger partial charge >= 0.3 is 0 Å². The van der Waals surface area contributed by atoms with Crippen molar-refractivity contribution in [1.82, 2.24) is 4.90 Å². The fourth-order valence-electron chi connectivity index (χ4n) is 3.27. The number of rotatable bonds is 3. The third-order valence-electron chi connectivity index (χ3n) is 4.84. The molecular formula is C24H27N.